The van der Waals surface area contributed by atoms with Gasteiger partial charge in [0, 0.05) is 12.2 Å². The van der Waals surface area contributed by atoms with Gasteiger partial charge in [-0.05, 0) is 18.2 Å². The van der Waals surface area contributed by atoms with Gasteiger partial charge in [-0.25, -0.2) is 0 Å². The molecule has 1 rings (SSSR count). The van der Waals surface area contributed by atoms with Crippen LogP contribution in [0.4, 0.5) is 18.9 Å². The molecule has 0 spiro atoms. The molecule has 2 N–H and O–H groups in total. The summed E-state index contributed by atoms with van der Waals surface area (Å²) in [5, 5.41) is 11.2. The van der Waals surface area contributed by atoms with Crippen LogP contribution < -0.4 is 5.32 Å². The predicted octanol–water partition coefficient (Wildman–Crippen LogP) is 2.67. The van der Waals surface area contributed by atoms with Gasteiger partial charge >= 0.3 is 6.18 Å². The van der Waals surface area contributed by atoms with Crippen LogP contribution in [0.25, 0.3) is 0 Å². The molecule has 0 aliphatic carbocycles. The molecule has 0 aliphatic heterocycles. The summed E-state index contributed by atoms with van der Waals surface area (Å²) in [5.41, 5.74) is -0.277. The summed E-state index contributed by atoms with van der Waals surface area (Å²) in [6.45, 7) is 0.298. The van der Waals surface area contributed by atoms with Gasteiger partial charge in [0.25, 0.3) is 0 Å². The Morgan fingerprint density at radius 3 is 2.62 bits per heavy atom. The van der Waals surface area contributed by atoms with E-state index in [2.05, 4.69) is 5.32 Å². The third kappa shape index (κ3) is 3.94. The molecule has 0 radical (unpaired) electrons. The number of rotatable bonds is 4. The van der Waals surface area contributed by atoms with Crippen LogP contribution in [0.1, 0.15) is 5.56 Å². The molecule has 1 aromatic carbocycles. The van der Waals surface area contributed by atoms with Crippen molar-refractivity contribution in [3.63, 3.8) is 0 Å². The van der Waals surface area contributed by atoms with E-state index in [0.29, 0.717) is 12.2 Å². The van der Waals surface area contributed by atoms with Crippen molar-refractivity contribution in [3.8, 4) is 0 Å². The Morgan fingerprint density at radius 2 is 2.00 bits per heavy atom. The summed E-state index contributed by atoms with van der Waals surface area (Å²) in [6.07, 6.45) is -1.17. The number of aliphatic hydroxyl groups excluding tert-OH is 1. The summed E-state index contributed by atoms with van der Waals surface area (Å²) in [4.78, 5) is 0. The smallest absolute Gasteiger partial charge is 0.392 e. The highest BCUT2D eigenvalue weighted by Crippen LogP contribution is 2.30. The van der Waals surface area contributed by atoms with Crippen LogP contribution in [0.2, 0.25) is 0 Å². The number of alkyl halides is 3. The van der Waals surface area contributed by atoms with Crippen molar-refractivity contribution >= 4 is 5.69 Å². The zero-order valence-corrected chi connectivity index (χ0v) is 8.46. The van der Waals surface area contributed by atoms with Crippen LogP contribution in [0.3, 0.4) is 0 Å². The van der Waals surface area contributed by atoms with Crippen LogP contribution in [-0.2, 0) is 6.18 Å². The molecular weight excluding hydrogens is 219 g/mol. The fourth-order valence-electron chi connectivity index (χ4n) is 1.14. The maximum Gasteiger partial charge on any atom is 0.416 e. The lowest BCUT2D eigenvalue weighted by molar-refractivity contribution is -0.137. The number of anilines is 1. The van der Waals surface area contributed by atoms with E-state index in [1.165, 1.54) is 12.1 Å². The van der Waals surface area contributed by atoms with Gasteiger partial charge in [-0.3, -0.25) is 0 Å². The molecule has 16 heavy (non-hydrogen) atoms. The molecule has 0 heterocycles. The highest BCUT2D eigenvalue weighted by Gasteiger charge is 2.30. The number of aliphatic hydroxyl groups is 1. The monoisotopic (exact) mass is 231 g/mol. The van der Waals surface area contributed by atoms with Crippen molar-refractivity contribution in [3.05, 3.63) is 42.0 Å². The van der Waals surface area contributed by atoms with Gasteiger partial charge in [0.2, 0.25) is 0 Å². The molecule has 0 unspecified atom stereocenters. The topological polar surface area (TPSA) is 32.3 Å². The number of hydrogen-bond donors (Lipinski definition) is 2. The average molecular weight is 231 g/mol. The maximum absolute atomic E-state index is 12.3. The van der Waals surface area contributed by atoms with Gasteiger partial charge in [-0.2, -0.15) is 13.2 Å². The largest absolute Gasteiger partial charge is 0.416 e. The first-order valence-electron chi connectivity index (χ1n) is 4.71. The Balaban J connectivity index is 2.65. The second-order valence-corrected chi connectivity index (χ2v) is 3.11. The SMILES string of the molecule is OC/C=C/CNc1cccc(C(F)(F)F)c1. The van der Waals surface area contributed by atoms with Crippen molar-refractivity contribution < 1.29 is 18.3 Å². The molecule has 0 saturated carbocycles. The van der Waals surface area contributed by atoms with Gasteiger partial charge in [-0.1, -0.05) is 18.2 Å². The highest BCUT2D eigenvalue weighted by atomic mass is 19.4. The van der Waals surface area contributed by atoms with Crippen LogP contribution in [0, 0.1) is 0 Å². The summed E-state index contributed by atoms with van der Waals surface area (Å²) in [6, 6.07) is 4.98. The van der Waals surface area contributed by atoms with Crippen LogP contribution in [0.5, 0.6) is 0 Å². The molecule has 1 aromatic rings. The average Bonchev–Trinajstić information content (AvgIpc) is 2.24. The lowest BCUT2D eigenvalue weighted by atomic mass is 10.2. The number of nitrogens with one attached hydrogen (secondary N) is 1. The van der Waals surface area contributed by atoms with Crippen LogP contribution in [0.15, 0.2) is 36.4 Å². The number of benzene rings is 1. The van der Waals surface area contributed by atoms with Crippen molar-refractivity contribution in [2.45, 2.75) is 6.18 Å². The third-order valence-electron chi connectivity index (χ3n) is 1.89. The van der Waals surface area contributed by atoms with Crippen molar-refractivity contribution in [2.75, 3.05) is 18.5 Å². The zero-order chi connectivity index (χ0) is 12.0. The number of hydrogen-bond acceptors (Lipinski definition) is 2. The van der Waals surface area contributed by atoms with Crippen molar-refractivity contribution in [1.82, 2.24) is 0 Å². The Morgan fingerprint density at radius 1 is 1.25 bits per heavy atom. The molecule has 0 atom stereocenters. The van der Waals surface area contributed by atoms with Crippen molar-refractivity contribution in [2.24, 2.45) is 0 Å². The van der Waals surface area contributed by atoms with Crippen LogP contribution >= 0.6 is 0 Å². The van der Waals surface area contributed by atoms with E-state index in [4.69, 9.17) is 5.11 Å². The van der Waals surface area contributed by atoms with E-state index in [-0.39, 0.29) is 6.61 Å². The van der Waals surface area contributed by atoms with Gasteiger partial charge in [0.05, 0.1) is 12.2 Å². The first-order chi connectivity index (χ1) is 7.54. The zero-order valence-electron chi connectivity index (χ0n) is 8.46. The highest BCUT2D eigenvalue weighted by molar-refractivity contribution is 5.46. The van der Waals surface area contributed by atoms with Crippen molar-refractivity contribution in [1.29, 1.82) is 0 Å². The van der Waals surface area contributed by atoms with Crippen LogP contribution in [-0.4, -0.2) is 18.3 Å². The van der Waals surface area contributed by atoms with E-state index < -0.39 is 11.7 Å². The second-order valence-electron chi connectivity index (χ2n) is 3.11. The van der Waals surface area contributed by atoms with E-state index in [1.807, 2.05) is 0 Å². The standard InChI is InChI=1S/C11H12F3NO/c12-11(13,14)9-4-3-5-10(8-9)15-6-1-2-7-16/h1-5,8,15-16H,6-7H2/b2-1+. The first kappa shape index (κ1) is 12.6. The fraction of sp³-hybridized carbons (Fsp3) is 0.273. The molecule has 0 fully saturated rings. The minimum atomic E-state index is -4.32. The Hall–Kier alpha value is -1.49. The normalized spacial score (nSPS) is 12.0. The molecule has 0 aliphatic rings. The van der Waals surface area contributed by atoms with E-state index >= 15 is 0 Å². The molecule has 0 aromatic heterocycles. The second kappa shape index (κ2) is 5.55. The molecule has 5 heteroatoms. The Kier molecular flexibility index (Phi) is 4.37. The van der Waals surface area contributed by atoms with E-state index in [9.17, 15) is 13.2 Å². The fourth-order valence-corrected chi connectivity index (χ4v) is 1.14. The van der Waals surface area contributed by atoms with Gasteiger partial charge < -0.3 is 10.4 Å². The number of halogens is 3. The quantitative estimate of drug-likeness (QED) is 0.781. The molecule has 2 nitrogen and oxygen atoms in total. The predicted molar refractivity (Wildman–Crippen MR) is 56.2 cm³/mol. The third-order valence-corrected chi connectivity index (χ3v) is 1.89. The molecule has 88 valence electrons. The van der Waals surface area contributed by atoms with E-state index in [0.717, 1.165) is 12.1 Å². The summed E-state index contributed by atoms with van der Waals surface area (Å²) in [5.74, 6) is 0. The summed E-state index contributed by atoms with van der Waals surface area (Å²) in [7, 11) is 0. The summed E-state index contributed by atoms with van der Waals surface area (Å²) < 4.78 is 37.0. The van der Waals surface area contributed by atoms with Gasteiger partial charge in [-0.15, -0.1) is 0 Å². The Bertz CT molecular complexity index is 360. The molecule has 0 bridgehead atoms. The van der Waals surface area contributed by atoms with Gasteiger partial charge in [0.15, 0.2) is 0 Å². The molecular formula is C11H12F3NO. The molecule has 0 amide bonds. The lowest BCUT2D eigenvalue weighted by Crippen LogP contribution is -2.06. The Labute approximate surface area is 91.4 Å². The van der Waals surface area contributed by atoms with Gasteiger partial charge in [0.1, 0.15) is 0 Å². The van der Waals surface area contributed by atoms with E-state index in [1.54, 1.807) is 12.1 Å². The first-order valence-corrected chi connectivity index (χ1v) is 4.71. The minimum Gasteiger partial charge on any atom is -0.392 e. The lowest BCUT2D eigenvalue weighted by Gasteiger charge is -2.09. The summed E-state index contributed by atoms with van der Waals surface area (Å²) >= 11 is 0. The minimum absolute atomic E-state index is 0.0791. The maximum atomic E-state index is 12.3. The molecule has 0 saturated heterocycles.